The van der Waals surface area contributed by atoms with Crippen LogP contribution in [0.3, 0.4) is 0 Å². The number of carbonyl (C=O) groups excluding carboxylic acids is 2. The summed E-state index contributed by atoms with van der Waals surface area (Å²) in [5, 5.41) is 11.4. The number of ether oxygens (including phenoxy) is 3. The predicted octanol–water partition coefficient (Wildman–Crippen LogP) is 1.29. The van der Waals surface area contributed by atoms with Gasteiger partial charge in [0.15, 0.2) is 0 Å². The van der Waals surface area contributed by atoms with Crippen LogP contribution in [0.4, 0.5) is 0 Å². The molecule has 0 spiro atoms. The molecular formula is C15H18BrNO6. The van der Waals surface area contributed by atoms with E-state index in [1.54, 1.807) is 0 Å². The van der Waals surface area contributed by atoms with Gasteiger partial charge in [0.2, 0.25) is 5.78 Å². The molecule has 126 valence electrons. The maximum Gasteiger partial charge on any atom is 0.343 e. The molecule has 0 amide bonds. The number of carbonyl (C=O) groups is 2. The second kappa shape index (κ2) is 9.16. The molecule has 0 atom stereocenters. The second-order valence-corrected chi connectivity index (χ2v) is 5.10. The maximum absolute atomic E-state index is 12.7. The summed E-state index contributed by atoms with van der Waals surface area (Å²) in [6.45, 7) is 0.0494. The van der Waals surface area contributed by atoms with Gasteiger partial charge in [-0.2, -0.15) is 0 Å². The van der Waals surface area contributed by atoms with Crippen LogP contribution in [0.5, 0.6) is 11.5 Å². The van der Waals surface area contributed by atoms with Crippen molar-refractivity contribution in [3.8, 4) is 11.5 Å². The van der Waals surface area contributed by atoms with Crippen LogP contribution in [0.15, 0.2) is 28.4 Å². The summed E-state index contributed by atoms with van der Waals surface area (Å²) in [5.74, 6) is -0.635. The Morgan fingerprint density at radius 2 is 1.87 bits per heavy atom. The average Bonchev–Trinajstić information content (AvgIpc) is 2.57. The highest BCUT2D eigenvalue weighted by Crippen LogP contribution is 2.34. The number of benzene rings is 1. The molecule has 0 unspecified atom stereocenters. The van der Waals surface area contributed by atoms with Gasteiger partial charge in [-0.1, -0.05) is 0 Å². The lowest BCUT2D eigenvalue weighted by atomic mass is 10.0. The first kappa shape index (κ1) is 19.0. The molecule has 1 aromatic carbocycles. The Hall–Kier alpha value is -2.06. The Morgan fingerprint density at radius 3 is 2.39 bits per heavy atom. The fourth-order valence-corrected chi connectivity index (χ4v) is 2.25. The summed E-state index contributed by atoms with van der Waals surface area (Å²) in [4.78, 5) is 24.5. The fourth-order valence-electron chi connectivity index (χ4n) is 1.75. The number of hydrogen-bond acceptors (Lipinski definition) is 7. The van der Waals surface area contributed by atoms with Gasteiger partial charge in [0.1, 0.15) is 17.1 Å². The van der Waals surface area contributed by atoms with Gasteiger partial charge in [-0.05, 0) is 22.0 Å². The van der Waals surface area contributed by atoms with Gasteiger partial charge >= 0.3 is 5.97 Å². The van der Waals surface area contributed by atoms with Gasteiger partial charge in [0.05, 0.1) is 38.0 Å². The second-order valence-electron chi connectivity index (χ2n) is 4.24. The first-order valence-electron chi connectivity index (χ1n) is 6.59. The number of methoxy groups -OCH3 is 3. The third kappa shape index (κ3) is 4.70. The number of aliphatic hydroxyl groups is 1. The van der Waals surface area contributed by atoms with Crippen LogP contribution in [0.2, 0.25) is 0 Å². The topological polar surface area (TPSA) is 94.1 Å². The van der Waals surface area contributed by atoms with Crippen LogP contribution >= 0.6 is 15.9 Å². The van der Waals surface area contributed by atoms with Crippen molar-refractivity contribution in [1.29, 1.82) is 0 Å². The van der Waals surface area contributed by atoms with Crippen molar-refractivity contribution < 1.29 is 28.9 Å². The van der Waals surface area contributed by atoms with Crippen LogP contribution in [0, 0.1) is 0 Å². The maximum atomic E-state index is 12.7. The summed E-state index contributed by atoms with van der Waals surface area (Å²) in [6.07, 6.45) is 1.21. The van der Waals surface area contributed by atoms with E-state index >= 15 is 0 Å². The molecule has 0 heterocycles. The molecule has 0 bridgehead atoms. The number of nitrogens with one attached hydrogen (secondary N) is 1. The van der Waals surface area contributed by atoms with Gasteiger partial charge in [0, 0.05) is 18.8 Å². The summed E-state index contributed by atoms with van der Waals surface area (Å²) < 4.78 is 15.5. The zero-order valence-electron chi connectivity index (χ0n) is 13.0. The Kier molecular flexibility index (Phi) is 7.56. The Labute approximate surface area is 142 Å². The van der Waals surface area contributed by atoms with E-state index in [2.05, 4.69) is 26.0 Å². The van der Waals surface area contributed by atoms with Gasteiger partial charge in [-0.3, -0.25) is 4.79 Å². The monoisotopic (exact) mass is 387 g/mol. The van der Waals surface area contributed by atoms with Crippen molar-refractivity contribution in [2.75, 3.05) is 34.5 Å². The molecule has 7 nitrogen and oxygen atoms in total. The van der Waals surface area contributed by atoms with Gasteiger partial charge in [-0.15, -0.1) is 0 Å². The van der Waals surface area contributed by atoms with E-state index in [1.165, 1.54) is 39.7 Å². The third-order valence-corrected chi connectivity index (χ3v) is 3.49. The molecule has 0 fully saturated rings. The molecule has 1 rings (SSSR count). The predicted molar refractivity (Wildman–Crippen MR) is 86.8 cm³/mol. The van der Waals surface area contributed by atoms with E-state index in [0.29, 0.717) is 10.2 Å². The van der Waals surface area contributed by atoms with Crippen molar-refractivity contribution >= 4 is 27.7 Å². The third-order valence-electron chi connectivity index (χ3n) is 2.87. The minimum Gasteiger partial charge on any atom is -0.496 e. The number of aliphatic hydroxyl groups excluding tert-OH is 1. The molecule has 23 heavy (non-hydrogen) atoms. The van der Waals surface area contributed by atoms with Crippen LogP contribution in [-0.2, 0) is 9.53 Å². The van der Waals surface area contributed by atoms with E-state index in [0.717, 1.165) is 0 Å². The van der Waals surface area contributed by atoms with Gasteiger partial charge in [-0.25, -0.2) is 4.79 Å². The van der Waals surface area contributed by atoms with Gasteiger partial charge in [0.25, 0.3) is 0 Å². The van der Waals surface area contributed by atoms with Crippen molar-refractivity contribution in [2.45, 2.75) is 0 Å². The molecule has 0 saturated heterocycles. The zero-order chi connectivity index (χ0) is 17.4. The SMILES string of the molecule is COC(=O)/C(=C\NCCO)C(=O)c1cc(Br)c(OC)cc1OC. The number of ketones is 1. The largest absolute Gasteiger partial charge is 0.496 e. The summed E-state index contributed by atoms with van der Waals surface area (Å²) >= 11 is 3.29. The molecule has 0 saturated carbocycles. The van der Waals surface area contributed by atoms with E-state index in [-0.39, 0.29) is 30.0 Å². The standard InChI is InChI=1S/C15H18BrNO6/c1-21-12-7-13(22-2)11(16)6-9(12)14(19)10(15(20)23-3)8-17-4-5-18/h6-8,17-18H,4-5H2,1-3H3/b10-8-. The van der Waals surface area contributed by atoms with Crippen LogP contribution < -0.4 is 14.8 Å². The minimum atomic E-state index is -0.797. The van der Waals surface area contributed by atoms with E-state index in [9.17, 15) is 9.59 Å². The molecule has 0 aliphatic carbocycles. The Balaban J connectivity index is 3.30. The highest BCUT2D eigenvalue weighted by atomic mass is 79.9. The number of halogens is 1. The lowest BCUT2D eigenvalue weighted by Gasteiger charge is -2.12. The van der Waals surface area contributed by atoms with Crippen molar-refractivity contribution in [3.05, 3.63) is 33.9 Å². The highest BCUT2D eigenvalue weighted by molar-refractivity contribution is 9.10. The van der Waals surface area contributed by atoms with E-state index in [1.807, 2.05) is 0 Å². The molecule has 0 aliphatic rings. The highest BCUT2D eigenvalue weighted by Gasteiger charge is 2.25. The quantitative estimate of drug-likeness (QED) is 0.173. The summed E-state index contributed by atoms with van der Waals surface area (Å²) in [5.41, 5.74) is -0.0426. The van der Waals surface area contributed by atoms with Crippen molar-refractivity contribution in [3.63, 3.8) is 0 Å². The van der Waals surface area contributed by atoms with Crippen LogP contribution in [0.25, 0.3) is 0 Å². The fraction of sp³-hybridized carbons (Fsp3) is 0.333. The number of Topliss-reactive ketones (excluding diaryl/α,β-unsaturated/α-hetero) is 1. The Bertz CT molecular complexity index is 614. The smallest absolute Gasteiger partial charge is 0.343 e. The normalized spacial score (nSPS) is 10.9. The number of rotatable bonds is 8. The summed E-state index contributed by atoms with van der Waals surface area (Å²) in [7, 11) is 4.07. The van der Waals surface area contributed by atoms with Crippen molar-refractivity contribution in [2.24, 2.45) is 0 Å². The molecule has 0 radical (unpaired) electrons. The lowest BCUT2D eigenvalue weighted by molar-refractivity contribution is -0.135. The molecule has 1 aromatic rings. The molecule has 2 N–H and O–H groups in total. The van der Waals surface area contributed by atoms with Crippen molar-refractivity contribution in [1.82, 2.24) is 5.32 Å². The van der Waals surface area contributed by atoms with Crippen LogP contribution in [-0.4, -0.2) is 51.3 Å². The van der Waals surface area contributed by atoms with Gasteiger partial charge < -0.3 is 24.6 Å². The zero-order valence-corrected chi connectivity index (χ0v) is 14.6. The van der Waals surface area contributed by atoms with E-state index < -0.39 is 11.8 Å². The molecule has 8 heteroatoms. The number of hydrogen-bond donors (Lipinski definition) is 2. The van der Waals surface area contributed by atoms with E-state index in [4.69, 9.17) is 14.6 Å². The molecule has 0 aromatic heterocycles. The molecule has 0 aliphatic heterocycles. The lowest BCUT2D eigenvalue weighted by Crippen LogP contribution is -2.20. The van der Waals surface area contributed by atoms with Crippen LogP contribution in [0.1, 0.15) is 10.4 Å². The first-order chi connectivity index (χ1) is 11.0. The minimum absolute atomic E-state index is 0.142. The first-order valence-corrected chi connectivity index (χ1v) is 7.38. The number of esters is 1. The molecular weight excluding hydrogens is 370 g/mol. The summed E-state index contributed by atoms with van der Waals surface area (Å²) in [6, 6.07) is 3.04. The average molecular weight is 388 g/mol. The Morgan fingerprint density at radius 1 is 1.22 bits per heavy atom.